The van der Waals surface area contributed by atoms with E-state index in [9.17, 15) is 5.11 Å². The number of phenolic OH excluding ortho intramolecular Hbond substituents is 1. The molecule has 0 aliphatic carbocycles. The van der Waals surface area contributed by atoms with Crippen molar-refractivity contribution in [2.75, 3.05) is 0 Å². The van der Waals surface area contributed by atoms with Gasteiger partial charge in [-0.05, 0) is 67.7 Å². The number of hydrogen-bond acceptors (Lipinski definition) is 1. The van der Waals surface area contributed by atoms with Crippen LogP contribution < -0.4 is 0 Å². The fourth-order valence-corrected chi connectivity index (χ4v) is 5.41. The molecule has 1 aromatic carbocycles. The van der Waals surface area contributed by atoms with E-state index in [0.717, 1.165) is 19.3 Å². The lowest BCUT2D eigenvalue weighted by Gasteiger charge is -2.18. The number of hydrogen-bond donors (Lipinski definition) is 1. The third-order valence-electron chi connectivity index (χ3n) is 7.68. The molecule has 1 N–H and O–H groups in total. The minimum absolute atomic E-state index is 0.655. The highest BCUT2D eigenvalue weighted by atomic mass is 16.3. The van der Waals surface area contributed by atoms with Crippen LogP contribution in [0.5, 0.6) is 5.75 Å². The maximum absolute atomic E-state index is 11.3. The van der Waals surface area contributed by atoms with Crippen LogP contribution >= 0.6 is 0 Å². The number of unbranched alkanes of at least 4 members (excludes halogenated alkanes) is 17. The fourth-order valence-electron chi connectivity index (χ4n) is 5.41. The van der Waals surface area contributed by atoms with Gasteiger partial charge in [-0.1, -0.05) is 136 Å². The molecule has 0 fully saturated rings. The number of benzene rings is 1. The molecule has 0 aromatic heterocycles. The molecule has 1 heteroatoms. The maximum atomic E-state index is 11.3. The number of phenols is 1. The average Bonchev–Trinajstić information content (AvgIpc) is 2.83. The normalized spacial score (nSPS) is 11.4. The van der Waals surface area contributed by atoms with Crippen molar-refractivity contribution in [3.8, 4) is 5.75 Å². The summed E-state index contributed by atoms with van der Waals surface area (Å²) in [7, 11) is 0. The minimum atomic E-state index is 0.655. The van der Waals surface area contributed by atoms with Crippen molar-refractivity contribution >= 4 is 0 Å². The Hall–Kier alpha value is -0.980. The van der Waals surface area contributed by atoms with Crippen molar-refractivity contribution in [2.45, 2.75) is 175 Å². The molecule has 0 radical (unpaired) electrons. The lowest BCUT2D eigenvalue weighted by atomic mass is 9.88. The van der Waals surface area contributed by atoms with Crippen LogP contribution in [0.2, 0.25) is 0 Å². The Labute approximate surface area is 214 Å². The van der Waals surface area contributed by atoms with Gasteiger partial charge in [0.25, 0.3) is 0 Å². The molecule has 0 saturated carbocycles. The topological polar surface area (TPSA) is 20.2 Å². The first-order valence-corrected chi connectivity index (χ1v) is 15.5. The Morgan fingerprint density at radius 2 is 0.824 bits per heavy atom. The quantitative estimate of drug-likeness (QED) is 0.157. The van der Waals surface area contributed by atoms with E-state index in [4.69, 9.17) is 0 Å². The van der Waals surface area contributed by atoms with Crippen molar-refractivity contribution < 1.29 is 5.11 Å². The monoisotopic (exact) mass is 472 g/mol. The lowest BCUT2D eigenvalue weighted by molar-refractivity contribution is 0.454. The number of aromatic hydroxyl groups is 1. The van der Waals surface area contributed by atoms with Crippen LogP contribution in [0.1, 0.15) is 171 Å². The molecule has 0 unspecified atom stereocenters. The van der Waals surface area contributed by atoms with Crippen LogP contribution in [0.25, 0.3) is 0 Å². The van der Waals surface area contributed by atoms with E-state index in [1.807, 2.05) is 0 Å². The van der Waals surface area contributed by atoms with Crippen molar-refractivity contribution in [1.29, 1.82) is 0 Å². The Morgan fingerprint density at radius 1 is 0.471 bits per heavy atom. The van der Waals surface area contributed by atoms with E-state index in [1.54, 1.807) is 0 Å². The number of rotatable bonds is 23. The van der Waals surface area contributed by atoms with Crippen molar-refractivity contribution in [3.05, 3.63) is 28.3 Å². The molecule has 0 atom stereocenters. The van der Waals surface area contributed by atoms with E-state index in [2.05, 4.69) is 33.8 Å². The third kappa shape index (κ3) is 13.8. The van der Waals surface area contributed by atoms with Crippen molar-refractivity contribution in [2.24, 2.45) is 0 Å². The summed E-state index contributed by atoms with van der Waals surface area (Å²) < 4.78 is 0. The smallest absolute Gasteiger partial charge is 0.122 e. The van der Waals surface area contributed by atoms with E-state index in [1.165, 1.54) is 151 Å². The molecule has 0 aliphatic heterocycles. The molecule has 0 aliphatic rings. The predicted molar refractivity (Wildman–Crippen MR) is 153 cm³/mol. The molecule has 34 heavy (non-hydrogen) atoms. The summed E-state index contributed by atoms with van der Waals surface area (Å²) in [6.07, 6.45) is 30.0. The second-order valence-electron chi connectivity index (χ2n) is 10.9. The average molecular weight is 473 g/mol. The molecule has 0 bridgehead atoms. The predicted octanol–water partition coefficient (Wildman–Crippen LogP) is 11.2. The van der Waals surface area contributed by atoms with Gasteiger partial charge in [-0.2, -0.15) is 0 Å². The number of aryl methyl sites for hydroxylation is 2. The van der Waals surface area contributed by atoms with Gasteiger partial charge in [0.05, 0.1) is 0 Å². The zero-order valence-corrected chi connectivity index (χ0v) is 23.8. The van der Waals surface area contributed by atoms with Crippen LogP contribution in [-0.2, 0) is 19.3 Å². The lowest BCUT2D eigenvalue weighted by Crippen LogP contribution is -2.03. The van der Waals surface area contributed by atoms with Crippen LogP contribution in [0.15, 0.2) is 6.07 Å². The molecule has 198 valence electrons. The van der Waals surface area contributed by atoms with Crippen LogP contribution in [0, 0.1) is 6.92 Å². The first-order chi connectivity index (χ1) is 16.7. The van der Waals surface area contributed by atoms with Gasteiger partial charge in [0.1, 0.15) is 5.75 Å². The summed E-state index contributed by atoms with van der Waals surface area (Å²) in [6.45, 7) is 9.16. The standard InChI is InChI=1S/C33H60O/c1-5-8-11-14-17-18-21-23-26-31-29(4)28-30(25-22-19-15-12-9-6-2)33(34)32(31)27-24-20-16-13-10-7-3/h28,34H,5-27H2,1-4H3. The SMILES string of the molecule is CCCCCCCCCCc1c(C)cc(CCCCCCCC)c(O)c1CCCCCCCC. The molecule has 1 nitrogen and oxygen atoms in total. The van der Waals surface area contributed by atoms with Crippen LogP contribution in [0.3, 0.4) is 0 Å². The molecule has 1 aromatic rings. The Morgan fingerprint density at radius 3 is 1.26 bits per heavy atom. The zero-order valence-electron chi connectivity index (χ0n) is 23.8. The van der Waals surface area contributed by atoms with Gasteiger partial charge in [-0.3, -0.25) is 0 Å². The first kappa shape index (κ1) is 31.1. The van der Waals surface area contributed by atoms with Gasteiger partial charge in [0, 0.05) is 0 Å². The molecule has 0 spiro atoms. The Balaban J connectivity index is 2.67. The van der Waals surface area contributed by atoms with Gasteiger partial charge in [0.15, 0.2) is 0 Å². The summed E-state index contributed by atoms with van der Waals surface area (Å²) in [5.41, 5.74) is 5.43. The summed E-state index contributed by atoms with van der Waals surface area (Å²) in [6, 6.07) is 2.33. The van der Waals surface area contributed by atoms with E-state index in [0.29, 0.717) is 5.75 Å². The fraction of sp³-hybridized carbons (Fsp3) is 0.818. The van der Waals surface area contributed by atoms with Crippen LogP contribution in [-0.4, -0.2) is 5.11 Å². The second-order valence-corrected chi connectivity index (χ2v) is 10.9. The molecule has 0 saturated heterocycles. The third-order valence-corrected chi connectivity index (χ3v) is 7.68. The molecular formula is C33H60O. The van der Waals surface area contributed by atoms with Gasteiger partial charge in [-0.25, -0.2) is 0 Å². The van der Waals surface area contributed by atoms with Crippen molar-refractivity contribution in [1.82, 2.24) is 0 Å². The summed E-state index contributed by atoms with van der Waals surface area (Å²) >= 11 is 0. The highest BCUT2D eigenvalue weighted by Gasteiger charge is 2.15. The second kappa shape index (κ2) is 21.3. The summed E-state index contributed by atoms with van der Waals surface area (Å²) in [5, 5.41) is 11.3. The summed E-state index contributed by atoms with van der Waals surface area (Å²) in [5.74, 6) is 0.655. The van der Waals surface area contributed by atoms with E-state index in [-0.39, 0.29) is 0 Å². The Bertz CT molecular complexity index is 603. The van der Waals surface area contributed by atoms with Gasteiger partial charge >= 0.3 is 0 Å². The first-order valence-electron chi connectivity index (χ1n) is 15.5. The minimum Gasteiger partial charge on any atom is -0.507 e. The van der Waals surface area contributed by atoms with Gasteiger partial charge < -0.3 is 5.11 Å². The maximum Gasteiger partial charge on any atom is 0.122 e. The molecular weight excluding hydrogens is 412 g/mol. The highest BCUT2D eigenvalue weighted by molar-refractivity contribution is 5.50. The summed E-state index contributed by atoms with van der Waals surface area (Å²) in [4.78, 5) is 0. The largest absolute Gasteiger partial charge is 0.507 e. The highest BCUT2D eigenvalue weighted by Crippen LogP contribution is 2.33. The molecule has 1 rings (SSSR count). The van der Waals surface area contributed by atoms with E-state index >= 15 is 0 Å². The molecule has 0 amide bonds. The van der Waals surface area contributed by atoms with Crippen LogP contribution in [0.4, 0.5) is 0 Å². The zero-order chi connectivity index (χ0) is 24.9. The molecule has 0 heterocycles. The van der Waals surface area contributed by atoms with Crippen molar-refractivity contribution in [3.63, 3.8) is 0 Å². The Kier molecular flexibility index (Phi) is 19.5. The van der Waals surface area contributed by atoms with Gasteiger partial charge in [0.2, 0.25) is 0 Å². The van der Waals surface area contributed by atoms with Gasteiger partial charge in [-0.15, -0.1) is 0 Å². The van der Waals surface area contributed by atoms with E-state index < -0.39 is 0 Å².